The van der Waals surface area contributed by atoms with Crippen molar-refractivity contribution in [2.75, 3.05) is 14.2 Å². The number of thiazole rings is 1. The van der Waals surface area contributed by atoms with Gasteiger partial charge < -0.3 is 14.8 Å². The quantitative estimate of drug-likeness (QED) is 0.413. The van der Waals surface area contributed by atoms with E-state index in [0.29, 0.717) is 12.3 Å². The number of nitrogens with one attached hydrogen (secondary N) is 1. The Morgan fingerprint density at radius 1 is 1.09 bits per heavy atom. The summed E-state index contributed by atoms with van der Waals surface area (Å²) in [4.78, 5) is 18.2. The first-order valence-electron chi connectivity index (χ1n) is 9.99. The Morgan fingerprint density at radius 2 is 1.91 bits per heavy atom. The van der Waals surface area contributed by atoms with Crippen LogP contribution in [0, 0.1) is 13.8 Å². The van der Waals surface area contributed by atoms with E-state index >= 15 is 0 Å². The highest BCUT2D eigenvalue weighted by molar-refractivity contribution is 7.15. The summed E-state index contributed by atoms with van der Waals surface area (Å²) in [5, 5.41) is 4.96. The maximum absolute atomic E-state index is 12.6. The van der Waals surface area contributed by atoms with Crippen LogP contribution in [0.1, 0.15) is 22.4 Å². The van der Waals surface area contributed by atoms with Gasteiger partial charge in [-0.1, -0.05) is 12.1 Å². The van der Waals surface area contributed by atoms with Gasteiger partial charge in [0.25, 0.3) is 0 Å². The molecule has 1 amide bonds. The van der Waals surface area contributed by atoms with Gasteiger partial charge in [0.05, 0.1) is 26.3 Å². The first kappa shape index (κ1) is 23.6. The van der Waals surface area contributed by atoms with Gasteiger partial charge >= 0.3 is 0 Å². The van der Waals surface area contributed by atoms with E-state index in [1.54, 1.807) is 14.2 Å². The number of carbonyl (C=O) groups is 1. The molecule has 0 aliphatic rings. The second kappa shape index (κ2) is 10.1. The molecule has 0 aliphatic heterocycles. The fourth-order valence-electron chi connectivity index (χ4n) is 3.44. The molecule has 4 rings (SSSR count). The zero-order chi connectivity index (χ0) is 22.0. The van der Waals surface area contributed by atoms with Gasteiger partial charge in [0, 0.05) is 34.9 Å². The van der Waals surface area contributed by atoms with Crippen LogP contribution < -0.4 is 14.8 Å². The number of methoxy groups -OCH3 is 2. The van der Waals surface area contributed by atoms with Crippen LogP contribution in [-0.4, -0.2) is 29.5 Å². The molecule has 0 radical (unpaired) electrons. The number of benzene rings is 2. The van der Waals surface area contributed by atoms with Crippen LogP contribution >= 0.6 is 23.7 Å². The highest BCUT2D eigenvalue weighted by atomic mass is 35.5. The molecule has 2 aromatic carbocycles. The molecule has 0 saturated heterocycles. The molecule has 4 aromatic rings. The summed E-state index contributed by atoms with van der Waals surface area (Å²) in [5.41, 5.74) is 6.27. The highest BCUT2D eigenvalue weighted by Gasteiger charge is 2.14. The minimum Gasteiger partial charge on any atom is -0.497 e. The van der Waals surface area contributed by atoms with Crippen molar-refractivity contribution in [1.29, 1.82) is 0 Å². The van der Waals surface area contributed by atoms with Gasteiger partial charge in [0.15, 0.2) is 4.96 Å². The smallest absolute Gasteiger partial charge is 0.226 e. The molecule has 0 fully saturated rings. The van der Waals surface area contributed by atoms with Crippen LogP contribution in [0.4, 0.5) is 0 Å². The van der Waals surface area contributed by atoms with Gasteiger partial charge in [0.1, 0.15) is 11.5 Å². The molecule has 0 unspecified atom stereocenters. The number of halogens is 1. The summed E-state index contributed by atoms with van der Waals surface area (Å²) >= 11 is 1.54. The Labute approximate surface area is 197 Å². The summed E-state index contributed by atoms with van der Waals surface area (Å²) in [6, 6.07) is 11.9. The van der Waals surface area contributed by atoms with E-state index in [1.807, 2.05) is 34.2 Å². The third-order valence-electron chi connectivity index (χ3n) is 5.39. The number of amides is 1. The largest absolute Gasteiger partial charge is 0.497 e. The molecule has 0 bridgehead atoms. The topological polar surface area (TPSA) is 64.9 Å². The number of nitrogens with zero attached hydrogens (tertiary/aromatic N) is 2. The Hall–Kier alpha value is -3.03. The van der Waals surface area contributed by atoms with Crippen LogP contribution in [0.5, 0.6) is 11.5 Å². The normalized spacial score (nSPS) is 10.6. The summed E-state index contributed by atoms with van der Waals surface area (Å²) < 4.78 is 12.7. The first-order valence-corrected chi connectivity index (χ1v) is 10.9. The van der Waals surface area contributed by atoms with Crippen molar-refractivity contribution in [2.45, 2.75) is 26.8 Å². The van der Waals surface area contributed by atoms with Crippen molar-refractivity contribution in [3.8, 4) is 22.8 Å². The molecule has 1 N–H and O–H groups in total. The first-order chi connectivity index (χ1) is 15.0. The van der Waals surface area contributed by atoms with Gasteiger partial charge in [-0.05, 0) is 49.2 Å². The van der Waals surface area contributed by atoms with Crippen molar-refractivity contribution < 1.29 is 14.3 Å². The van der Waals surface area contributed by atoms with Crippen molar-refractivity contribution in [1.82, 2.24) is 14.7 Å². The lowest BCUT2D eigenvalue weighted by Gasteiger charge is -2.11. The van der Waals surface area contributed by atoms with E-state index in [2.05, 4.69) is 37.4 Å². The molecule has 2 heterocycles. The summed E-state index contributed by atoms with van der Waals surface area (Å²) in [7, 11) is 3.23. The van der Waals surface area contributed by atoms with Gasteiger partial charge in [0.2, 0.25) is 5.91 Å². The molecule has 0 atom stereocenters. The molecule has 0 spiro atoms. The minimum absolute atomic E-state index is 0. The second-order valence-electron chi connectivity index (χ2n) is 7.44. The fraction of sp³-hybridized carbons (Fsp3) is 0.250. The SMILES string of the molecule is COc1ccc(OC)c(CNC(=O)Cc2csc3nc(-c4ccc(C)c(C)c4)cn23)c1.Cl. The summed E-state index contributed by atoms with van der Waals surface area (Å²) in [5.74, 6) is 1.37. The molecule has 168 valence electrons. The number of fused-ring (bicyclic) bond motifs is 1. The van der Waals surface area contributed by atoms with Gasteiger partial charge in [-0.3, -0.25) is 9.20 Å². The molecule has 6 nitrogen and oxygen atoms in total. The predicted octanol–water partition coefficient (Wildman–Crippen LogP) is 4.98. The summed E-state index contributed by atoms with van der Waals surface area (Å²) in [6.45, 7) is 4.57. The van der Waals surface area contributed by atoms with E-state index in [0.717, 1.165) is 33.2 Å². The van der Waals surface area contributed by atoms with Gasteiger partial charge in [-0.25, -0.2) is 4.98 Å². The maximum Gasteiger partial charge on any atom is 0.226 e. The lowest BCUT2D eigenvalue weighted by Crippen LogP contribution is -2.25. The Bertz CT molecular complexity index is 1250. The standard InChI is InChI=1S/C24H25N3O3S.ClH/c1-15-5-6-17(9-16(15)2)21-13-27-19(14-31-24(27)26-21)11-23(28)25-12-18-10-20(29-3)7-8-22(18)30-4;/h5-10,13-14H,11-12H2,1-4H3,(H,25,28);1H. The average molecular weight is 472 g/mol. The summed E-state index contributed by atoms with van der Waals surface area (Å²) in [6.07, 6.45) is 2.28. The molecule has 0 saturated carbocycles. The van der Waals surface area contributed by atoms with E-state index in [1.165, 1.54) is 22.5 Å². The Balaban J connectivity index is 0.00000289. The van der Waals surface area contributed by atoms with Gasteiger partial charge in [-0.15, -0.1) is 23.7 Å². The predicted molar refractivity (Wildman–Crippen MR) is 130 cm³/mol. The fourth-order valence-corrected chi connectivity index (χ4v) is 4.31. The Kier molecular flexibility index (Phi) is 7.43. The third kappa shape index (κ3) is 4.89. The molecule has 0 aliphatic carbocycles. The molecule has 8 heteroatoms. The lowest BCUT2D eigenvalue weighted by atomic mass is 10.0. The minimum atomic E-state index is -0.0639. The average Bonchev–Trinajstić information content (AvgIpc) is 3.36. The van der Waals surface area contributed by atoms with E-state index in [-0.39, 0.29) is 24.7 Å². The number of ether oxygens (including phenoxy) is 2. The van der Waals surface area contributed by atoms with E-state index < -0.39 is 0 Å². The third-order valence-corrected chi connectivity index (χ3v) is 6.28. The van der Waals surface area contributed by atoms with Gasteiger partial charge in [-0.2, -0.15) is 0 Å². The van der Waals surface area contributed by atoms with Crippen LogP contribution in [-0.2, 0) is 17.8 Å². The second-order valence-corrected chi connectivity index (χ2v) is 8.27. The van der Waals surface area contributed by atoms with Crippen LogP contribution in [0.2, 0.25) is 0 Å². The van der Waals surface area contributed by atoms with Crippen LogP contribution in [0.15, 0.2) is 48.0 Å². The monoisotopic (exact) mass is 471 g/mol. The van der Waals surface area contributed by atoms with Crippen molar-refractivity contribution in [3.63, 3.8) is 0 Å². The number of imidazole rings is 1. The van der Waals surface area contributed by atoms with E-state index in [9.17, 15) is 4.79 Å². The van der Waals surface area contributed by atoms with Crippen molar-refractivity contribution in [3.05, 3.63) is 70.4 Å². The Morgan fingerprint density at radius 3 is 2.62 bits per heavy atom. The molecular weight excluding hydrogens is 446 g/mol. The molecule has 2 aromatic heterocycles. The van der Waals surface area contributed by atoms with Crippen LogP contribution in [0.25, 0.3) is 16.2 Å². The van der Waals surface area contributed by atoms with E-state index in [4.69, 9.17) is 14.5 Å². The zero-order valence-electron chi connectivity index (χ0n) is 18.5. The number of hydrogen-bond acceptors (Lipinski definition) is 5. The van der Waals surface area contributed by atoms with Crippen molar-refractivity contribution >= 4 is 34.6 Å². The number of carbonyl (C=O) groups excluding carboxylic acids is 1. The molecular formula is C24H26ClN3O3S. The number of rotatable bonds is 7. The highest BCUT2D eigenvalue weighted by Crippen LogP contribution is 2.26. The number of hydrogen-bond donors (Lipinski definition) is 1. The zero-order valence-corrected chi connectivity index (χ0v) is 20.1. The molecule has 32 heavy (non-hydrogen) atoms. The van der Waals surface area contributed by atoms with Crippen molar-refractivity contribution in [2.24, 2.45) is 0 Å². The number of aryl methyl sites for hydroxylation is 2. The maximum atomic E-state index is 12.6. The lowest BCUT2D eigenvalue weighted by molar-refractivity contribution is -0.120. The van der Waals surface area contributed by atoms with Crippen LogP contribution in [0.3, 0.4) is 0 Å². The number of aromatic nitrogens is 2.